The highest BCUT2D eigenvalue weighted by Crippen LogP contribution is 2.05. The van der Waals surface area contributed by atoms with E-state index in [0.29, 0.717) is 19.5 Å². The fraction of sp³-hybridized carbons (Fsp3) is 0.533. The molecule has 0 fully saturated rings. The minimum atomic E-state index is -0.247. The van der Waals surface area contributed by atoms with E-state index in [4.69, 9.17) is 0 Å². The van der Waals surface area contributed by atoms with Gasteiger partial charge in [-0.25, -0.2) is 0 Å². The van der Waals surface area contributed by atoms with Gasteiger partial charge in [-0.1, -0.05) is 0 Å². The number of pyridine rings is 1. The van der Waals surface area contributed by atoms with E-state index in [0.717, 1.165) is 5.56 Å². The lowest BCUT2D eigenvalue weighted by Crippen LogP contribution is -2.42. The smallest absolute Gasteiger partial charge is 0.222 e. The lowest BCUT2D eigenvalue weighted by molar-refractivity contribution is -0.130. The summed E-state index contributed by atoms with van der Waals surface area (Å²) in [6.45, 7) is 8.24. The summed E-state index contributed by atoms with van der Waals surface area (Å²) >= 11 is 0. The van der Waals surface area contributed by atoms with Crippen molar-refractivity contribution in [1.82, 2.24) is 15.2 Å². The number of nitrogens with zero attached hydrogens (tertiary/aromatic N) is 2. The van der Waals surface area contributed by atoms with Crippen molar-refractivity contribution < 1.29 is 9.59 Å². The van der Waals surface area contributed by atoms with Crippen LogP contribution in [0, 0.1) is 0 Å². The van der Waals surface area contributed by atoms with Crippen molar-refractivity contribution in [2.75, 3.05) is 6.54 Å². The number of nitrogens with one attached hydrogen (secondary N) is 1. The van der Waals surface area contributed by atoms with Gasteiger partial charge in [0.25, 0.3) is 0 Å². The molecule has 0 radical (unpaired) electrons. The summed E-state index contributed by atoms with van der Waals surface area (Å²) in [5.74, 6) is -0.0798. The van der Waals surface area contributed by atoms with Crippen molar-refractivity contribution in [3.05, 3.63) is 30.1 Å². The van der Waals surface area contributed by atoms with Crippen LogP contribution in [0.15, 0.2) is 24.5 Å². The molecule has 1 heterocycles. The van der Waals surface area contributed by atoms with Crippen LogP contribution in [0.4, 0.5) is 0 Å². The predicted molar refractivity (Wildman–Crippen MR) is 77.8 cm³/mol. The van der Waals surface area contributed by atoms with Crippen LogP contribution in [0.3, 0.4) is 0 Å². The minimum absolute atomic E-state index is 0.0367. The first kappa shape index (κ1) is 16.1. The van der Waals surface area contributed by atoms with Crippen LogP contribution >= 0.6 is 0 Å². The molecule has 110 valence electrons. The molecule has 0 unspecified atom stereocenters. The Bertz CT molecular complexity index is 452. The van der Waals surface area contributed by atoms with E-state index < -0.39 is 0 Å². The largest absolute Gasteiger partial charge is 0.351 e. The van der Waals surface area contributed by atoms with Crippen molar-refractivity contribution in [3.8, 4) is 0 Å². The lowest BCUT2D eigenvalue weighted by Gasteiger charge is -2.24. The molecule has 5 nitrogen and oxygen atoms in total. The van der Waals surface area contributed by atoms with E-state index in [9.17, 15) is 9.59 Å². The van der Waals surface area contributed by atoms with Gasteiger partial charge in [-0.2, -0.15) is 0 Å². The second-order valence-corrected chi connectivity index (χ2v) is 5.84. The Morgan fingerprint density at radius 1 is 1.25 bits per heavy atom. The third kappa shape index (κ3) is 6.31. The summed E-state index contributed by atoms with van der Waals surface area (Å²) in [5.41, 5.74) is 0.759. The van der Waals surface area contributed by atoms with Crippen molar-refractivity contribution in [2.45, 2.75) is 46.2 Å². The second-order valence-electron chi connectivity index (χ2n) is 5.84. The van der Waals surface area contributed by atoms with E-state index in [-0.39, 0.29) is 17.4 Å². The number of carbonyl (C=O) groups excluding carboxylic acids is 2. The van der Waals surface area contributed by atoms with Crippen LogP contribution in [-0.4, -0.2) is 33.8 Å². The molecule has 20 heavy (non-hydrogen) atoms. The van der Waals surface area contributed by atoms with E-state index >= 15 is 0 Å². The standard InChI is InChI=1S/C15H23N3O2/c1-12(19)18(11-13-5-8-16-9-6-13)10-7-14(20)17-15(2,3)4/h5-6,8-9H,7,10-11H2,1-4H3,(H,17,20). The molecule has 0 spiro atoms. The summed E-state index contributed by atoms with van der Waals surface area (Å²) in [4.78, 5) is 29.0. The summed E-state index contributed by atoms with van der Waals surface area (Å²) in [6.07, 6.45) is 3.70. The van der Waals surface area contributed by atoms with Gasteiger partial charge in [0.15, 0.2) is 0 Å². The summed E-state index contributed by atoms with van der Waals surface area (Å²) < 4.78 is 0. The maximum atomic E-state index is 11.8. The van der Waals surface area contributed by atoms with Crippen LogP contribution in [0.5, 0.6) is 0 Å². The molecule has 0 saturated carbocycles. The van der Waals surface area contributed by atoms with Gasteiger partial charge < -0.3 is 10.2 Å². The molecule has 2 amide bonds. The van der Waals surface area contributed by atoms with Gasteiger partial charge in [0.1, 0.15) is 0 Å². The molecule has 1 N–H and O–H groups in total. The van der Waals surface area contributed by atoms with Crippen LogP contribution < -0.4 is 5.32 Å². The van der Waals surface area contributed by atoms with Crippen LogP contribution in [0.25, 0.3) is 0 Å². The monoisotopic (exact) mass is 277 g/mol. The zero-order valence-electron chi connectivity index (χ0n) is 12.6. The van der Waals surface area contributed by atoms with Gasteiger partial charge in [-0.15, -0.1) is 0 Å². The van der Waals surface area contributed by atoms with Crippen LogP contribution in [-0.2, 0) is 16.1 Å². The van der Waals surface area contributed by atoms with Crippen molar-refractivity contribution in [3.63, 3.8) is 0 Å². The Hall–Kier alpha value is -1.91. The third-order valence-electron chi connectivity index (χ3n) is 2.69. The molecule has 0 atom stereocenters. The summed E-state index contributed by atoms with van der Waals surface area (Å²) in [6, 6.07) is 3.73. The molecule has 0 bridgehead atoms. The Morgan fingerprint density at radius 3 is 2.35 bits per heavy atom. The van der Waals surface area contributed by atoms with E-state index in [2.05, 4.69) is 10.3 Å². The van der Waals surface area contributed by atoms with Gasteiger partial charge in [-0.3, -0.25) is 14.6 Å². The highest BCUT2D eigenvalue weighted by atomic mass is 16.2. The molecule has 0 saturated heterocycles. The molecule has 0 aliphatic rings. The fourth-order valence-electron chi connectivity index (χ4n) is 1.77. The minimum Gasteiger partial charge on any atom is -0.351 e. The Morgan fingerprint density at radius 2 is 1.85 bits per heavy atom. The molecular formula is C15H23N3O2. The summed E-state index contributed by atoms with van der Waals surface area (Å²) in [5, 5.41) is 2.89. The van der Waals surface area contributed by atoms with E-state index in [1.165, 1.54) is 6.92 Å². The zero-order valence-corrected chi connectivity index (χ0v) is 12.6. The first-order chi connectivity index (χ1) is 9.28. The molecule has 1 rings (SSSR count). The molecule has 0 aromatic carbocycles. The lowest BCUT2D eigenvalue weighted by atomic mass is 10.1. The third-order valence-corrected chi connectivity index (χ3v) is 2.69. The van der Waals surface area contributed by atoms with Gasteiger partial charge in [-0.05, 0) is 38.5 Å². The normalized spacial score (nSPS) is 11.0. The molecule has 1 aromatic heterocycles. The Labute approximate surface area is 120 Å². The van der Waals surface area contributed by atoms with Crippen molar-refractivity contribution >= 4 is 11.8 Å². The van der Waals surface area contributed by atoms with Gasteiger partial charge in [0, 0.05) is 44.4 Å². The number of amides is 2. The maximum Gasteiger partial charge on any atom is 0.222 e. The molecule has 5 heteroatoms. The highest BCUT2D eigenvalue weighted by molar-refractivity contribution is 5.78. The number of aromatic nitrogens is 1. The van der Waals surface area contributed by atoms with Gasteiger partial charge in [0.2, 0.25) is 11.8 Å². The maximum absolute atomic E-state index is 11.8. The predicted octanol–water partition coefficient (Wildman–Crippen LogP) is 1.73. The average molecular weight is 277 g/mol. The van der Waals surface area contributed by atoms with E-state index in [1.807, 2.05) is 32.9 Å². The number of carbonyl (C=O) groups is 2. The molecule has 0 aliphatic heterocycles. The van der Waals surface area contributed by atoms with Gasteiger partial charge in [0.05, 0.1) is 0 Å². The topological polar surface area (TPSA) is 62.3 Å². The van der Waals surface area contributed by atoms with Crippen molar-refractivity contribution in [1.29, 1.82) is 0 Å². The molecular weight excluding hydrogens is 254 g/mol. The first-order valence-corrected chi connectivity index (χ1v) is 6.73. The molecule has 0 aliphatic carbocycles. The average Bonchev–Trinajstić information content (AvgIpc) is 2.33. The number of rotatable bonds is 5. The quantitative estimate of drug-likeness (QED) is 0.891. The number of hydrogen-bond acceptors (Lipinski definition) is 3. The van der Waals surface area contributed by atoms with Crippen LogP contribution in [0.2, 0.25) is 0 Å². The molecule has 1 aromatic rings. The first-order valence-electron chi connectivity index (χ1n) is 6.73. The summed E-state index contributed by atoms with van der Waals surface area (Å²) in [7, 11) is 0. The van der Waals surface area contributed by atoms with E-state index in [1.54, 1.807) is 17.3 Å². The number of hydrogen-bond donors (Lipinski definition) is 1. The Kier molecular flexibility index (Phi) is 5.67. The fourth-order valence-corrected chi connectivity index (χ4v) is 1.77. The second kappa shape index (κ2) is 7.03. The SMILES string of the molecule is CC(=O)N(CCC(=O)NC(C)(C)C)Cc1ccncc1. The Balaban J connectivity index is 2.52. The van der Waals surface area contributed by atoms with Crippen LogP contribution in [0.1, 0.15) is 39.7 Å². The van der Waals surface area contributed by atoms with Gasteiger partial charge >= 0.3 is 0 Å². The zero-order chi connectivity index (χ0) is 15.2. The highest BCUT2D eigenvalue weighted by Gasteiger charge is 2.16. The van der Waals surface area contributed by atoms with Crippen molar-refractivity contribution in [2.24, 2.45) is 0 Å².